The summed E-state index contributed by atoms with van der Waals surface area (Å²) in [4.78, 5) is 33.2. The molecular formula is C23H21F2N5O3. The van der Waals surface area contributed by atoms with E-state index >= 15 is 0 Å². The van der Waals surface area contributed by atoms with Gasteiger partial charge in [0.05, 0.1) is 11.9 Å². The van der Waals surface area contributed by atoms with Crippen molar-refractivity contribution in [1.29, 1.82) is 0 Å². The number of aromatic nitrogens is 2. The van der Waals surface area contributed by atoms with Crippen molar-refractivity contribution in [2.75, 3.05) is 11.1 Å². The second-order valence-electron chi connectivity index (χ2n) is 7.86. The van der Waals surface area contributed by atoms with Crippen molar-refractivity contribution < 1.29 is 23.5 Å². The van der Waals surface area contributed by atoms with Gasteiger partial charge in [-0.3, -0.25) is 9.59 Å². The fraction of sp³-hybridized carbons (Fsp3) is 0.217. The van der Waals surface area contributed by atoms with E-state index in [0.717, 1.165) is 25.0 Å². The van der Waals surface area contributed by atoms with Crippen LogP contribution in [0.15, 0.2) is 42.6 Å². The highest BCUT2D eigenvalue weighted by molar-refractivity contribution is 5.97. The number of halogens is 2. The molecule has 8 nitrogen and oxygen atoms in total. The number of aryl methyl sites for hydroxylation is 1. The number of nitrogens with two attached hydrogens (primary N) is 1. The fourth-order valence-electron chi connectivity index (χ4n) is 3.30. The van der Waals surface area contributed by atoms with Crippen LogP contribution in [-0.4, -0.2) is 32.9 Å². The van der Waals surface area contributed by atoms with E-state index in [1.807, 2.05) is 0 Å². The summed E-state index contributed by atoms with van der Waals surface area (Å²) in [5.41, 5.74) is 7.81. The summed E-state index contributed by atoms with van der Waals surface area (Å²) in [5.74, 6) is -2.99. The van der Waals surface area contributed by atoms with E-state index in [1.54, 1.807) is 25.1 Å². The Morgan fingerprint density at radius 1 is 1.15 bits per heavy atom. The number of rotatable bonds is 6. The van der Waals surface area contributed by atoms with E-state index in [2.05, 4.69) is 20.6 Å². The van der Waals surface area contributed by atoms with E-state index in [0.29, 0.717) is 28.6 Å². The van der Waals surface area contributed by atoms with Gasteiger partial charge in [-0.1, -0.05) is 6.07 Å². The van der Waals surface area contributed by atoms with Gasteiger partial charge >= 0.3 is 0 Å². The number of hydrogen-bond acceptors (Lipinski definition) is 6. The summed E-state index contributed by atoms with van der Waals surface area (Å²) in [6.07, 6.45) is 1.54. The van der Waals surface area contributed by atoms with Gasteiger partial charge in [0.2, 0.25) is 0 Å². The average molecular weight is 453 g/mol. The lowest BCUT2D eigenvalue weighted by Crippen LogP contribution is -2.27. The largest absolute Gasteiger partial charge is 0.382 e. The molecule has 33 heavy (non-hydrogen) atoms. The number of nitrogens with one attached hydrogen (secondary N) is 2. The predicted octanol–water partition coefficient (Wildman–Crippen LogP) is 2.88. The number of benzene rings is 2. The number of nitrogens with zero attached hydrogens (tertiary/aromatic N) is 2. The molecule has 0 spiro atoms. The molecule has 1 atom stereocenters. The maximum Gasteiger partial charge on any atom is 0.273 e. The Hall–Kier alpha value is -3.92. The van der Waals surface area contributed by atoms with Crippen LogP contribution in [0.1, 0.15) is 40.6 Å². The molecule has 5 N–H and O–H groups in total. The highest BCUT2D eigenvalue weighted by atomic mass is 19.1. The van der Waals surface area contributed by atoms with E-state index in [4.69, 9.17) is 5.73 Å². The molecule has 1 aliphatic carbocycles. The van der Waals surface area contributed by atoms with Gasteiger partial charge in [-0.25, -0.2) is 18.7 Å². The Balaban J connectivity index is 1.52. The zero-order valence-corrected chi connectivity index (χ0v) is 17.6. The SMILES string of the molecule is Cc1cc(NC(=O)C(O)c2cc(F)cc(F)c2)ccc1-c1cnc(N)c(C(=O)NC2CC2)n1. The monoisotopic (exact) mass is 453 g/mol. The van der Waals surface area contributed by atoms with Crippen LogP contribution in [-0.2, 0) is 4.79 Å². The van der Waals surface area contributed by atoms with Crippen LogP contribution in [0.2, 0.25) is 0 Å². The van der Waals surface area contributed by atoms with Crippen molar-refractivity contribution in [2.24, 2.45) is 0 Å². The number of hydrogen-bond donors (Lipinski definition) is 4. The minimum absolute atomic E-state index is 0.0289. The Morgan fingerprint density at radius 2 is 1.85 bits per heavy atom. The summed E-state index contributed by atoms with van der Waals surface area (Å²) in [5, 5.41) is 15.5. The quantitative estimate of drug-likeness (QED) is 0.454. The van der Waals surface area contributed by atoms with Crippen LogP contribution < -0.4 is 16.4 Å². The smallest absolute Gasteiger partial charge is 0.273 e. The molecule has 2 aromatic carbocycles. The summed E-state index contributed by atoms with van der Waals surface area (Å²) >= 11 is 0. The highest BCUT2D eigenvalue weighted by Crippen LogP contribution is 2.27. The molecule has 10 heteroatoms. The number of carbonyl (C=O) groups excluding carboxylic acids is 2. The molecule has 1 aromatic heterocycles. The number of aliphatic hydroxyl groups excluding tert-OH is 1. The van der Waals surface area contributed by atoms with Gasteiger partial charge in [-0.2, -0.15) is 0 Å². The van der Waals surface area contributed by atoms with Crippen molar-refractivity contribution in [1.82, 2.24) is 15.3 Å². The van der Waals surface area contributed by atoms with Gasteiger partial charge in [0, 0.05) is 23.4 Å². The van der Waals surface area contributed by atoms with E-state index < -0.39 is 23.6 Å². The minimum Gasteiger partial charge on any atom is -0.382 e. The number of nitrogen functional groups attached to an aromatic ring is 1. The molecule has 170 valence electrons. The summed E-state index contributed by atoms with van der Waals surface area (Å²) in [6, 6.07) is 7.44. The zero-order valence-electron chi connectivity index (χ0n) is 17.6. The maximum absolute atomic E-state index is 13.4. The van der Waals surface area contributed by atoms with Crippen molar-refractivity contribution in [2.45, 2.75) is 31.9 Å². The molecule has 0 aliphatic heterocycles. The second kappa shape index (κ2) is 8.91. The standard InChI is InChI=1S/C23H21F2N5O3/c1-11-6-16(29-23(33)20(31)12-7-13(24)9-14(25)8-12)4-5-17(11)18-10-27-21(26)19(30-18)22(32)28-15-2-3-15/h4-10,15,20,31H,2-3H2,1H3,(H2,26,27)(H,28,32)(H,29,33). The van der Waals surface area contributed by atoms with Crippen molar-refractivity contribution >= 4 is 23.3 Å². The Morgan fingerprint density at radius 3 is 2.48 bits per heavy atom. The fourth-order valence-corrected chi connectivity index (χ4v) is 3.30. The topological polar surface area (TPSA) is 130 Å². The van der Waals surface area contributed by atoms with Crippen LogP contribution in [0.3, 0.4) is 0 Å². The van der Waals surface area contributed by atoms with Crippen LogP contribution in [0, 0.1) is 18.6 Å². The van der Waals surface area contributed by atoms with Gasteiger partial charge in [-0.05, 0) is 55.2 Å². The molecule has 3 aromatic rings. The van der Waals surface area contributed by atoms with Gasteiger partial charge in [0.1, 0.15) is 11.6 Å². The molecule has 1 aliphatic rings. The lowest BCUT2D eigenvalue weighted by molar-refractivity contribution is -0.124. The van der Waals surface area contributed by atoms with Crippen molar-refractivity contribution in [3.63, 3.8) is 0 Å². The Bertz CT molecular complexity index is 1230. The average Bonchev–Trinajstić information content (AvgIpc) is 3.57. The first kappa shape index (κ1) is 22.3. The summed E-state index contributed by atoms with van der Waals surface area (Å²) in [7, 11) is 0. The van der Waals surface area contributed by atoms with E-state index in [9.17, 15) is 23.5 Å². The summed E-state index contributed by atoms with van der Waals surface area (Å²) < 4.78 is 26.8. The molecular weight excluding hydrogens is 432 g/mol. The molecule has 0 radical (unpaired) electrons. The molecule has 1 heterocycles. The molecule has 2 amide bonds. The third kappa shape index (κ3) is 5.12. The van der Waals surface area contributed by atoms with Crippen LogP contribution >= 0.6 is 0 Å². The van der Waals surface area contributed by atoms with Crippen molar-refractivity contribution in [3.05, 3.63) is 71.1 Å². The Labute approximate surface area is 187 Å². The van der Waals surface area contributed by atoms with Crippen molar-refractivity contribution in [3.8, 4) is 11.3 Å². The minimum atomic E-state index is -1.76. The van der Waals surface area contributed by atoms with Crippen LogP contribution in [0.25, 0.3) is 11.3 Å². The molecule has 1 fully saturated rings. The summed E-state index contributed by atoms with van der Waals surface area (Å²) in [6.45, 7) is 1.77. The van der Waals surface area contributed by atoms with Crippen LogP contribution in [0.4, 0.5) is 20.3 Å². The van der Waals surface area contributed by atoms with Gasteiger partial charge < -0.3 is 21.5 Å². The molecule has 4 rings (SSSR count). The first-order valence-electron chi connectivity index (χ1n) is 10.2. The number of carbonyl (C=O) groups is 2. The lowest BCUT2D eigenvalue weighted by atomic mass is 10.0. The number of amides is 2. The first-order chi connectivity index (χ1) is 15.7. The highest BCUT2D eigenvalue weighted by Gasteiger charge is 2.26. The zero-order chi connectivity index (χ0) is 23.7. The third-order valence-electron chi connectivity index (χ3n) is 5.15. The number of anilines is 2. The molecule has 1 unspecified atom stereocenters. The van der Waals surface area contributed by atoms with Crippen LogP contribution in [0.5, 0.6) is 0 Å². The third-order valence-corrected chi connectivity index (χ3v) is 5.15. The Kier molecular flexibility index (Phi) is 6.01. The van der Waals surface area contributed by atoms with E-state index in [1.165, 1.54) is 6.20 Å². The first-order valence-corrected chi connectivity index (χ1v) is 10.2. The second-order valence-corrected chi connectivity index (χ2v) is 7.86. The lowest BCUT2D eigenvalue weighted by Gasteiger charge is -2.14. The molecule has 0 bridgehead atoms. The molecule has 0 saturated heterocycles. The van der Waals surface area contributed by atoms with Gasteiger partial charge in [-0.15, -0.1) is 0 Å². The van der Waals surface area contributed by atoms with E-state index in [-0.39, 0.29) is 29.0 Å². The predicted molar refractivity (Wildman–Crippen MR) is 117 cm³/mol. The van der Waals surface area contributed by atoms with Gasteiger partial charge in [0.15, 0.2) is 17.6 Å². The normalized spacial score (nSPS) is 13.9. The van der Waals surface area contributed by atoms with Gasteiger partial charge in [0.25, 0.3) is 11.8 Å². The number of aliphatic hydroxyl groups is 1. The maximum atomic E-state index is 13.4. The molecule has 1 saturated carbocycles.